The zero-order valence-electron chi connectivity index (χ0n) is 21.6. The molecule has 0 saturated heterocycles. The average Bonchev–Trinajstić information content (AvgIpc) is 3.22. The summed E-state index contributed by atoms with van der Waals surface area (Å²) in [5.74, 6) is 0. The van der Waals surface area contributed by atoms with Crippen LogP contribution in [0.4, 0.5) is 5.69 Å². The molecule has 1 aliphatic carbocycles. The Labute approximate surface area is 248 Å². The maximum absolute atomic E-state index is 13.8. The van der Waals surface area contributed by atoms with Crippen LogP contribution in [0.15, 0.2) is 77.9 Å². The van der Waals surface area contributed by atoms with Crippen molar-refractivity contribution < 1.29 is 78.8 Å². The molecule has 11 heteroatoms. The van der Waals surface area contributed by atoms with Gasteiger partial charge < -0.3 is 8.17 Å². The number of hydrogen-bond acceptors (Lipinski definition) is 5. The first-order chi connectivity index (χ1) is 15.1. The standard InChI is InChI=1S/C23H25N3O4S2.2Na.2H/c1-17-10-12-20(13-11-18-6-3-2-4-7-18)23(14-17,31(24,27)28)32(29,30)26-22-9-5-8-19-15-25-16-21(19)22;;;;/h2-13,25-26H,14-16H2,1H3,(H2,24,27,28);;;;/q;2*+1;2*-1. The van der Waals surface area contributed by atoms with Crippen LogP contribution in [0.3, 0.4) is 0 Å². The van der Waals surface area contributed by atoms with Crippen molar-refractivity contribution >= 4 is 31.8 Å². The minimum atomic E-state index is -4.59. The van der Waals surface area contributed by atoms with Crippen LogP contribution in [0, 0.1) is 0 Å². The normalized spacial score (nSPS) is 19.9. The second-order valence-electron chi connectivity index (χ2n) is 8.01. The Morgan fingerprint density at radius 3 is 2.35 bits per heavy atom. The van der Waals surface area contributed by atoms with Crippen LogP contribution in [0.25, 0.3) is 6.08 Å². The first kappa shape index (κ1) is 29.5. The van der Waals surface area contributed by atoms with E-state index in [1.165, 1.54) is 12.2 Å². The third kappa shape index (κ3) is 5.64. The number of sulfonamides is 2. The second kappa shape index (κ2) is 11.6. The van der Waals surface area contributed by atoms with Crippen LogP contribution < -0.4 is 74.3 Å². The molecule has 2 aliphatic rings. The molecule has 0 fully saturated rings. The largest absolute Gasteiger partial charge is 1.00 e. The van der Waals surface area contributed by atoms with Gasteiger partial charge in [-0.05, 0) is 35.3 Å². The third-order valence-electron chi connectivity index (χ3n) is 5.78. The molecule has 1 atom stereocenters. The Morgan fingerprint density at radius 2 is 1.68 bits per heavy atom. The molecule has 7 nitrogen and oxygen atoms in total. The van der Waals surface area contributed by atoms with Crippen molar-refractivity contribution in [1.82, 2.24) is 5.32 Å². The fourth-order valence-corrected chi connectivity index (χ4v) is 7.89. The van der Waals surface area contributed by atoms with Gasteiger partial charge in [0.15, 0.2) is 0 Å². The smallest absolute Gasteiger partial charge is 1.00 e. The van der Waals surface area contributed by atoms with Gasteiger partial charge in [0.25, 0.3) is 10.0 Å². The molecule has 2 aromatic carbocycles. The third-order valence-corrected chi connectivity index (χ3v) is 10.2. The molecule has 0 amide bonds. The van der Waals surface area contributed by atoms with Gasteiger partial charge in [-0.2, -0.15) is 0 Å². The number of nitrogens with one attached hydrogen (secondary N) is 2. The van der Waals surface area contributed by atoms with Crippen LogP contribution in [-0.4, -0.2) is 20.9 Å². The Kier molecular flexibility index (Phi) is 10.0. The van der Waals surface area contributed by atoms with Crippen molar-refractivity contribution in [3.05, 3.63) is 94.6 Å². The Morgan fingerprint density at radius 1 is 0.971 bits per heavy atom. The summed E-state index contributed by atoms with van der Waals surface area (Å²) in [7, 11) is -9.11. The van der Waals surface area contributed by atoms with E-state index in [1.54, 1.807) is 31.2 Å². The van der Waals surface area contributed by atoms with Crippen molar-refractivity contribution in [2.45, 2.75) is 30.5 Å². The molecule has 1 unspecified atom stereocenters. The fraction of sp³-hybridized carbons (Fsp3) is 0.217. The van der Waals surface area contributed by atoms with Gasteiger partial charge >= 0.3 is 59.1 Å². The molecule has 4 rings (SSSR count). The predicted octanol–water partition coefficient (Wildman–Crippen LogP) is -2.76. The second-order valence-corrected chi connectivity index (χ2v) is 12.0. The van der Waals surface area contributed by atoms with Gasteiger partial charge in [0.1, 0.15) is 0 Å². The zero-order chi connectivity index (χ0) is 23.0. The summed E-state index contributed by atoms with van der Waals surface area (Å²) in [5.41, 5.74) is 3.62. The van der Waals surface area contributed by atoms with Gasteiger partial charge in [0, 0.05) is 19.5 Å². The van der Waals surface area contributed by atoms with Gasteiger partial charge in [-0.25, -0.2) is 22.0 Å². The van der Waals surface area contributed by atoms with Crippen molar-refractivity contribution in [2.24, 2.45) is 5.14 Å². The van der Waals surface area contributed by atoms with Crippen LogP contribution in [0.1, 0.15) is 32.9 Å². The molecule has 4 N–H and O–H groups in total. The number of allylic oxidation sites excluding steroid dienone is 4. The summed E-state index contributed by atoms with van der Waals surface area (Å²) < 4.78 is 53.8. The van der Waals surface area contributed by atoms with Gasteiger partial charge in [0.2, 0.25) is 14.1 Å². The Hall–Kier alpha value is -0.720. The van der Waals surface area contributed by atoms with E-state index >= 15 is 0 Å². The molecule has 172 valence electrons. The summed E-state index contributed by atoms with van der Waals surface area (Å²) in [5, 5.41) is 8.84. The summed E-state index contributed by atoms with van der Waals surface area (Å²) in [4.78, 5) is 0. The maximum Gasteiger partial charge on any atom is 1.00 e. The molecule has 0 radical (unpaired) electrons. The number of anilines is 1. The van der Waals surface area contributed by atoms with Crippen LogP contribution in [-0.2, 0) is 33.1 Å². The molecular formula is C23H27N3Na2O4S2. The van der Waals surface area contributed by atoms with Crippen LogP contribution in [0.2, 0.25) is 0 Å². The minimum Gasteiger partial charge on any atom is -1.00 e. The van der Waals surface area contributed by atoms with E-state index in [2.05, 4.69) is 10.0 Å². The van der Waals surface area contributed by atoms with E-state index in [0.29, 0.717) is 24.4 Å². The summed E-state index contributed by atoms with van der Waals surface area (Å²) in [6.07, 6.45) is 6.16. The summed E-state index contributed by atoms with van der Waals surface area (Å²) in [6.45, 7) is 2.80. The van der Waals surface area contributed by atoms with Crippen molar-refractivity contribution in [1.29, 1.82) is 0 Å². The fourth-order valence-electron chi connectivity index (χ4n) is 4.14. The monoisotopic (exact) mass is 519 g/mol. The molecule has 0 spiro atoms. The number of nitrogens with two attached hydrogens (primary N) is 1. The van der Waals surface area contributed by atoms with Crippen molar-refractivity contribution in [3.63, 3.8) is 0 Å². The van der Waals surface area contributed by atoms with Crippen LogP contribution >= 0.6 is 0 Å². The number of rotatable bonds is 6. The van der Waals surface area contributed by atoms with Gasteiger partial charge in [0.05, 0.1) is 5.69 Å². The molecule has 2 aromatic rings. The molecule has 1 aliphatic heterocycles. The molecule has 1 heterocycles. The minimum absolute atomic E-state index is 0. The zero-order valence-corrected chi connectivity index (χ0v) is 25.2. The molecule has 0 saturated carbocycles. The molecular weight excluding hydrogens is 492 g/mol. The van der Waals surface area contributed by atoms with E-state index in [4.69, 9.17) is 5.14 Å². The van der Waals surface area contributed by atoms with Gasteiger partial charge in [-0.3, -0.25) is 4.72 Å². The van der Waals surface area contributed by atoms with E-state index in [1.807, 2.05) is 36.4 Å². The average molecular weight is 520 g/mol. The quantitative estimate of drug-likeness (QED) is 0.358. The maximum atomic E-state index is 13.8. The van der Waals surface area contributed by atoms with E-state index < -0.39 is 24.1 Å². The first-order valence-corrected chi connectivity index (χ1v) is 13.1. The predicted molar refractivity (Wildman–Crippen MR) is 130 cm³/mol. The summed E-state index contributed by atoms with van der Waals surface area (Å²) in [6, 6.07) is 14.5. The SMILES string of the molecule is CC1=CC=C(C=Cc2ccccc2)C(S(N)(=O)=O)(S(=O)(=O)Nc2cccc3c2CNC3)C1.[H-].[H-].[Na+].[Na+]. The molecule has 34 heavy (non-hydrogen) atoms. The van der Waals surface area contributed by atoms with Crippen LogP contribution in [0.5, 0.6) is 0 Å². The number of primary sulfonamides is 1. The first-order valence-electron chi connectivity index (χ1n) is 10.1. The van der Waals surface area contributed by atoms with Crippen molar-refractivity contribution in [3.8, 4) is 0 Å². The number of hydrogen-bond donors (Lipinski definition) is 3. The van der Waals surface area contributed by atoms with Crippen molar-refractivity contribution in [2.75, 3.05) is 4.72 Å². The van der Waals surface area contributed by atoms with E-state index in [9.17, 15) is 16.8 Å². The Balaban J connectivity index is 0.00000306. The van der Waals surface area contributed by atoms with Gasteiger partial charge in [-0.1, -0.05) is 72.3 Å². The van der Waals surface area contributed by atoms with E-state index in [0.717, 1.165) is 16.7 Å². The number of fused-ring (bicyclic) bond motifs is 1. The van der Waals surface area contributed by atoms with Gasteiger partial charge in [-0.15, -0.1) is 0 Å². The molecule has 0 bridgehead atoms. The summed E-state index contributed by atoms with van der Waals surface area (Å²) >= 11 is 0. The number of benzene rings is 2. The Bertz CT molecular complexity index is 1370. The van der Waals surface area contributed by atoms with E-state index in [-0.39, 0.29) is 74.0 Å². The topological polar surface area (TPSA) is 118 Å². The molecule has 0 aromatic heterocycles.